The number of nitriles is 1. The van der Waals surface area contributed by atoms with Crippen LogP contribution in [0.2, 0.25) is 0 Å². The van der Waals surface area contributed by atoms with Crippen molar-refractivity contribution in [2.24, 2.45) is 0 Å². The number of nitrogens with one attached hydrogen (secondary N) is 1. The normalized spacial score (nSPS) is 14.5. The number of piperidine rings is 1. The molecule has 7 heteroatoms. The molecule has 0 aliphatic carbocycles. The molecule has 1 saturated heterocycles. The van der Waals surface area contributed by atoms with Crippen LogP contribution in [0.25, 0.3) is 10.4 Å². The van der Waals surface area contributed by atoms with Crippen LogP contribution in [0.3, 0.4) is 0 Å². The van der Waals surface area contributed by atoms with Crippen LogP contribution in [0, 0.1) is 11.3 Å². The summed E-state index contributed by atoms with van der Waals surface area (Å²) < 4.78 is 5.27. The minimum Gasteiger partial charge on any atom is -0.444 e. The maximum Gasteiger partial charge on any atom is 0.412 e. The van der Waals surface area contributed by atoms with Crippen LogP contribution in [-0.2, 0) is 4.74 Å². The van der Waals surface area contributed by atoms with Gasteiger partial charge in [-0.15, -0.1) is 11.3 Å². The lowest BCUT2D eigenvalue weighted by Gasteiger charge is -2.27. The maximum atomic E-state index is 12.0. The predicted molar refractivity (Wildman–Crippen MR) is 108 cm³/mol. The average molecular weight is 385 g/mol. The molecule has 0 unspecified atom stereocenters. The van der Waals surface area contributed by atoms with Gasteiger partial charge in [-0.25, -0.2) is 9.78 Å². The number of amides is 1. The van der Waals surface area contributed by atoms with E-state index in [0.29, 0.717) is 10.6 Å². The molecule has 0 saturated carbocycles. The number of anilines is 2. The molecule has 2 aromatic heterocycles. The van der Waals surface area contributed by atoms with Crippen molar-refractivity contribution in [1.82, 2.24) is 4.98 Å². The van der Waals surface area contributed by atoms with Gasteiger partial charge >= 0.3 is 6.09 Å². The van der Waals surface area contributed by atoms with Crippen LogP contribution in [-0.4, -0.2) is 29.8 Å². The SMILES string of the molecule is CC(C)(C)OC(=O)Nc1sc(-c2ccc(N3CCCCC3)nc2)cc1C#N. The Labute approximate surface area is 163 Å². The van der Waals surface area contributed by atoms with Crippen molar-refractivity contribution in [3.63, 3.8) is 0 Å². The van der Waals surface area contributed by atoms with Gasteiger partial charge in [-0.3, -0.25) is 5.32 Å². The third-order valence-corrected chi connectivity index (χ3v) is 5.28. The summed E-state index contributed by atoms with van der Waals surface area (Å²) in [6.45, 7) is 7.50. The first kappa shape index (κ1) is 19.2. The second kappa shape index (κ2) is 7.97. The van der Waals surface area contributed by atoms with E-state index in [1.807, 2.05) is 18.3 Å². The number of nitrogens with zero attached hydrogens (tertiary/aromatic N) is 3. The van der Waals surface area contributed by atoms with E-state index in [4.69, 9.17) is 4.74 Å². The molecule has 2 aromatic rings. The second-order valence-corrected chi connectivity index (χ2v) is 8.60. The third-order valence-electron chi connectivity index (χ3n) is 4.18. The second-order valence-electron chi connectivity index (χ2n) is 7.54. The van der Waals surface area contributed by atoms with Crippen molar-refractivity contribution in [1.29, 1.82) is 5.26 Å². The number of rotatable bonds is 3. The summed E-state index contributed by atoms with van der Waals surface area (Å²) in [5.41, 5.74) is 0.751. The van der Waals surface area contributed by atoms with Gasteiger partial charge in [0.2, 0.25) is 0 Å². The molecule has 0 radical (unpaired) electrons. The fourth-order valence-electron chi connectivity index (χ4n) is 2.95. The van der Waals surface area contributed by atoms with Crippen LogP contribution in [0.15, 0.2) is 24.4 Å². The minimum absolute atomic E-state index is 0.418. The van der Waals surface area contributed by atoms with Crippen molar-refractivity contribution < 1.29 is 9.53 Å². The Balaban J connectivity index is 1.76. The Morgan fingerprint density at radius 3 is 2.63 bits per heavy atom. The molecule has 27 heavy (non-hydrogen) atoms. The van der Waals surface area contributed by atoms with Gasteiger partial charge in [0, 0.05) is 29.7 Å². The molecule has 0 bridgehead atoms. The van der Waals surface area contributed by atoms with Crippen LogP contribution in [0.1, 0.15) is 45.6 Å². The van der Waals surface area contributed by atoms with Crippen LogP contribution in [0.5, 0.6) is 0 Å². The Morgan fingerprint density at radius 1 is 1.30 bits per heavy atom. The summed E-state index contributed by atoms with van der Waals surface area (Å²) in [4.78, 5) is 19.8. The van der Waals surface area contributed by atoms with Gasteiger partial charge in [-0.05, 0) is 58.2 Å². The lowest BCUT2D eigenvalue weighted by Crippen LogP contribution is -2.29. The summed E-state index contributed by atoms with van der Waals surface area (Å²) in [6, 6.07) is 7.94. The third kappa shape index (κ3) is 4.98. The van der Waals surface area contributed by atoms with Crippen molar-refractivity contribution in [2.75, 3.05) is 23.3 Å². The first-order valence-corrected chi connectivity index (χ1v) is 9.93. The van der Waals surface area contributed by atoms with Crippen molar-refractivity contribution >= 4 is 28.2 Å². The van der Waals surface area contributed by atoms with E-state index in [1.54, 1.807) is 26.8 Å². The predicted octanol–water partition coefficient (Wildman–Crippen LogP) is 5.02. The molecule has 3 rings (SSSR count). The largest absolute Gasteiger partial charge is 0.444 e. The number of hydrogen-bond donors (Lipinski definition) is 1. The summed E-state index contributed by atoms with van der Waals surface area (Å²) in [5, 5.41) is 12.5. The molecule has 1 aliphatic heterocycles. The lowest BCUT2D eigenvalue weighted by atomic mass is 10.1. The summed E-state index contributed by atoms with van der Waals surface area (Å²) >= 11 is 1.34. The number of carbonyl (C=O) groups excluding carboxylic acids is 1. The molecule has 0 spiro atoms. The fraction of sp³-hybridized carbons (Fsp3) is 0.450. The van der Waals surface area contributed by atoms with E-state index in [9.17, 15) is 10.1 Å². The summed E-state index contributed by atoms with van der Waals surface area (Å²) in [6.07, 6.45) is 4.97. The molecule has 142 valence electrons. The minimum atomic E-state index is -0.592. The Kier molecular flexibility index (Phi) is 5.66. The van der Waals surface area contributed by atoms with Crippen LogP contribution < -0.4 is 10.2 Å². The van der Waals surface area contributed by atoms with Crippen molar-refractivity contribution in [3.8, 4) is 16.5 Å². The standard InChI is InChI=1S/C20H24N4O2S/c1-20(2,3)26-19(25)23-18-15(12-21)11-16(27-18)14-7-8-17(22-13-14)24-9-5-4-6-10-24/h7-8,11,13H,4-6,9-10H2,1-3H3,(H,23,25). The molecule has 1 N–H and O–H groups in total. The zero-order chi connectivity index (χ0) is 19.4. The van der Waals surface area contributed by atoms with Gasteiger partial charge in [0.15, 0.2) is 0 Å². The maximum absolute atomic E-state index is 12.0. The van der Waals surface area contributed by atoms with E-state index in [-0.39, 0.29) is 0 Å². The highest BCUT2D eigenvalue weighted by Gasteiger charge is 2.19. The van der Waals surface area contributed by atoms with Crippen LogP contribution in [0.4, 0.5) is 15.6 Å². The molecule has 6 nitrogen and oxygen atoms in total. The average Bonchev–Trinajstić information content (AvgIpc) is 3.03. The van der Waals surface area contributed by atoms with E-state index in [1.165, 1.54) is 30.6 Å². The topological polar surface area (TPSA) is 78.2 Å². The van der Waals surface area contributed by atoms with Gasteiger partial charge in [-0.1, -0.05) is 0 Å². The monoisotopic (exact) mass is 384 g/mol. The number of pyridine rings is 1. The molecule has 1 fully saturated rings. The quantitative estimate of drug-likeness (QED) is 0.804. The fourth-order valence-corrected chi connectivity index (χ4v) is 3.93. The Morgan fingerprint density at radius 2 is 2.04 bits per heavy atom. The van der Waals surface area contributed by atoms with Gasteiger partial charge in [0.1, 0.15) is 22.5 Å². The lowest BCUT2D eigenvalue weighted by molar-refractivity contribution is 0.0636. The van der Waals surface area contributed by atoms with Crippen LogP contribution >= 0.6 is 11.3 Å². The molecule has 0 aromatic carbocycles. The molecular weight excluding hydrogens is 360 g/mol. The highest BCUT2D eigenvalue weighted by atomic mass is 32.1. The molecule has 1 aliphatic rings. The molecule has 3 heterocycles. The molecule has 1 amide bonds. The van der Waals surface area contributed by atoms with Gasteiger partial charge in [0.05, 0.1) is 5.56 Å². The number of aromatic nitrogens is 1. The highest BCUT2D eigenvalue weighted by Crippen LogP contribution is 2.35. The summed E-state index contributed by atoms with van der Waals surface area (Å²) in [5.74, 6) is 0.989. The van der Waals surface area contributed by atoms with Gasteiger partial charge < -0.3 is 9.64 Å². The smallest absolute Gasteiger partial charge is 0.412 e. The van der Waals surface area contributed by atoms with E-state index >= 15 is 0 Å². The first-order valence-electron chi connectivity index (χ1n) is 9.11. The zero-order valence-corrected chi connectivity index (χ0v) is 16.7. The summed E-state index contributed by atoms with van der Waals surface area (Å²) in [7, 11) is 0. The number of thiophene rings is 1. The number of ether oxygens (including phenoxy) is 1. The zero-order valence-electron chi connectivity index (χ0n) is 15.9. The van der Waals surface area contributed by atoms with E-state index < -0.39 is 11.7 Å². The van der Waals surface area contributed by atoms with Crippen molar-refractivity contribution in [3.05, 3.63) is 30.0 Å². The van der Waals surface area contributed by atoms with Crippen molar-refractivity contribution in [2.45, 2.75) is 45.6 Å². The van der Waals surface area contributed by atoms with E-state index in [0.717, 1.165) is 29.3 Å². The van der Waals surface area contributed by atoms with E-state index in [2.05, 4.69) is 21.3 Å². The first-order chi connectivity index (χ1) is 12.9. The Bertz CT molecular complexity index is 840. The van der Waals surface area contributed by atoms with Gasteiger partial charge in [-0.2, -0.15) is 5.26 Å². The Hall–Kier alpha value is -2.59. The number of carbonyl (C=O) groups is 1. The molecule has 0 atom stereocenters. The number of hydrogen-bond acceptors (Lipinski definition) is 6. The highest BCUT2D eigenvalue weighted by molar-refractivity contribution is 7.19. The van der Waals surface area contributed by atoms with Gasteiger partial charge in [0.25, 0.3) is 0 Å². The molecular formula is C20H24N4O2S.